The van der Waals surface area contributed by atoms with Crippen LogP contribution in [0.3, 0.4) is 0 Å². The fraction of sp³-hybridized carbons (Fsp3) is 0.300. The zero-order chi connectivity index (χ0) is 18.5. The van der Waals surface area contributed by atoms with Gasteiger partial charge in [0.2, 0.25) is 5.91 Å². The van der Waals surface area contributed by atoms with Gasteiger partial charge < -0.3 is 16.0 Å². The summed E-state index contributed by atoms with van der Waals surface area (Å²) in [5.41, 5.74) is 1.98. The second-order valence-electron chi connectivity index (χ2n) is 6.46. The highest BCUT2D eigenvalue weighted by molar-refractivity contribution is 6.04. The first kappa shape index (κ1) is 18.1. The molecule has 0 bridgehead atoms. The first-order valence-electron chi connectivity index (χ1n) is 8.73. The van der Waals surface area contributed by atoms with E-state index in [0.29, 0.717) is 11.3 Å². The van der Waals surface area contributed by atoms with Crippen LogP contribution in [0.1, 0.15) is 41.7 Å². The maximum atomic E-state index is 12.9. The average molecular weight is 355 g/mol. The molecule has 0 aromatic heterocycles. The molecule has 3 N–H and O–H groups in total. The van der Waals surface area contributed by atoms with E-state index in [4.69, 9.17) is 0 Å². The van der Waals surface area contributed by atoms with Gasteiger partial charge in [0.05, 0.1) is 12.1 Å². The van der Waals surface area contributed by atoms with Crippen molar-refractivity contribution in [3.8, 4) is 0 Å². The third-order valence-corrected chi connectivity index (χ3v) is 4.51. The molecule has 0 aliphatic carbocycles. The van der Waals surface area contributed by atoms with E-state index in [2.05, 4.69) is 16.0 Å². The second kappa shape index (κ2) is 8.10. The first-order valence-corrected chi connectivity index (χ1v) is 8.73. The Morgan fingerprint density at radius 1 is 1.12 bits per heavy atom. The van der Waals surface area contributed by atoms with E-state index in [1.165, 1.54) is 24.3 Å². The topological polar surface area (TPSA) is 70.2 Å². The molecule has 0 spiro atoms. The fourth-order valence-electron chi connectivity index (χ4n) is 2.97. The Hall–Kier alpha value is -2.73. The molecule has 1 saturated heterocycles. The van der Waals surface area contributed by atoms with Gasteiger partial charge in [0.25, 0.3) is 5.91 Å². The Kier molecular flexibility index (Phi) is 5.63. The van der Waals surface area contributed by atoms with Crippen molar-refractivity contribution >= 4 is 17.5 Å². The lowest BCUT2D eigenvalue weighted by Gasteiger charge is -2.18. The van der Waals surface area contributed by atoms with Crippen molar-refractivity contribution in [1.82, 2.24) is 10.6 Å². The number of anilines is 1. The number of nitrogens with one attached hydrogen (secondary N) is 3. The van der Waals surface area contributed by atoms with E-state index in [1.807, 2.05) is 19.1 Å². The molecule has 2 aromatic rings. The summed E-state index contributed by atoms with van der Waals surface area (Å²) in [6.07, 6.45) is 1.89. The van der Waals surface area contributed by atoms with Gasteiger partial charge in [-0.1, -0.05) is 12.1 Å². The fourth-order valence-corrected chi connectivity index (χ4v) is 2.97. The van der Waals surface area contributed by atoms with E-state index < -0.39 is 0 Å². The van der Waals surface area contributed by atoms with E-state index in [-0.39, 0.29) is 29.7 Å². The van der Waals surface area contributed by atoms with Gasteiger partial charge >= 0.3 is 0 Å². The van der Waals surface area contributed by atoms with Gasteiger partial charge in [-0.3, -0.25) is 9.59 Å². The minimum absolute atomic E-state index is 0.0173. The molecule has 1 aliphatic heterocycles. The summed E-state index contributed by atoms with van der Waals surface area (Å²) in [5, 5.41) is 8.96. The van der Waals surface area contributed by atoms with E-state index in [9.17, 15) is 14.0 Å². The number of carbonyl (C=O) groups is 2. The first-order chi connectivity index (χ1) is 12.5. The standard InChI is InChI=1S/C20H22FN3O2/c1-13(23-20(26)18-3-2-12-22-18)14-6-10-17(11-7-14)24-19(25)15-4-8-16(21)9-5-15/h4-11,13,18,22H,2-3,12H2,1H3,(H,23,26)(H,24,25). The van der Waals surface area contributed by atoms with Crippen molar-refractivity contribution in [2.24, 2.45) is 0 Å². The monoisotopic (exact) mass is 355 g/mol. The molecule has 2 aromatic carbocycles. The summed E-state index contributed by atoms with van der Waals surface area (Å²) in [4.78, 5) is 24.3. The lowest BCUT2D eigenvalue weighted by Crippen LogP contribution is -2.41. The second-order valence-corrected chi connectivity index (χ2v) is 6.46. The predicted octanol–water partition coefficient (Wildman–Crippen LogP) is 3.01. The third kappa shape index (κ3) is 4.46. The Morgan fingerprint density at radius 2 is 1.81 bits per heavy atom. The molecule has 1 fully saturated rings. The number of rotatable bonds is 5. The van der Waals surface area contributed by atoms with Crippen molar-refractivity contribution in [3.05, 3.63) is 65.5 Å². The maximum Gasteiger partial charge on any atom is 0.255 e. The molecule has 2 amide bonds. The summed E-state index contributed by atoms with van der Waals surface area (Å²) >= 11 is 0. The molecule has 0 saturated carbocycles. The van der Waals surface area contributed by atoms with Crippen LogP contribution >= 0.6 is 0 Å². The predicted molar refractivity (Wildman–Crippen MR) is 98.4 cm³/mol. The zero-order valence-electron chi connectivity index (χ0n) is 14.6. The van der Waals surface area contributed by atoms with Crippen LogP contribution in [-0.4, -0.2) is 24.4 Å². The molecule has 136 valence electrons. The van der Waals surface area contributed by atoms with Gasteiger partial charge in [0, 0.05) is 11.3 Å². The molecule has 2 unspecified atom stereocenters. The largest absolute Gasteiger partial charge is 0.348 e. The van der Waals surface area contributed by atoms with E-state index >= 15 is 0 Å². The quantitative estimate of drug-likeness (QED) is 0.772. The Balaban J connectivity index is 1.58. The van der Waals surface area contributed by atoms with Crippen molar-refractivity contribution in [2.75, 3.05) is 11.9 Å². The van der Waals surface area contributed by atoms with Crippen LogP contribution in [-0.2, 0) is 4.79 Å². The summed E-state index contributed by atoms with van der Waals surface area (Å²) < 4.78 is 12.9. The van der Waals surface area contributed by atoms with Gasteiger partial charge in [0.15, 0.2) is 0 Å². The van der Waals surface area contributed by atoms with Gasteiger partial charge in [-0.2, -0.15) is 0 Å². The van der Waals surface area contributed by atoms with Crippen molar-refractivity contribution in [1.29, 1.82) is 0 Å². The summed E-state index contributed by atoms with van der Waals surface area (Å²) in [5.74, 6) is -0.662. The van der Waals surface area contributed by atoms with Crippen LogP contribution in [0.5, 0.6) is 0 Å². The molecule has 2 atom stereocenters. The molecular formula is C20H22FN3O2. The Bertz CT molecular complexity index is 769. The lowest BCUT2D eigenvalue weighted by atomic mass is 10.1. The van der Waals surface area contributed by atoms with E-state index in [1.54, 1.807) is 12.1 Å². The highest BCUT2D eigenvalue weighted by atomic mass is 19.1. The SMILES string of the molecule is CC(NC(=O)C1CCCN1)c1ccc(NC(=O)c2ccc(F)cc2)cc1. The van der Waals surface area contributed by atoms with Crippen LogP contribution in [0.4, 0.5) is 10.1 Å². The van der Waals surface area contributed by atoms with Crippen LogP contribution in [0, 0.1) is 5.82 Å². The normalized spacial score (nSPS) is 17.5. The third-order valence-electron chi connectivity index (χ3n) is 4.51. The van der Waals surface area contributed by atoms with Crippen LogP contribution in [0.15, 0.2) is 48.5 Å². The summed E-state index contributed by atoms with van der Waals surface area (Å²) in [6, 6.07) is 12.5. The number of halogens is 1. The van der Waals surface area contributed by atoms with Gasteiger partial charge in [-0.05, 0) is 68.3 Å². The Labute approximate surface area is 152 Å². The minimum atomic E-state index is -0.380. The van der Waals surface area contributed by atoms with E-state index in [0.717, 1.165) is 24.9 Å². The zero-order valence-corrected chi connectivity index (χ0v) is 14.6. The number of benzene rings is 2. The highest BCUT2D eigenvalue weighted by Gasteiger charge is 2.23. The number of amides is 2. The average Bonchev–Trinajstić information content (AvgIpc) is 3.17. The molecular weight excluding hydrogens is 333 g/mol. The highest BCUT2D eigenvalue weighted by Crippen LogP contribution is 2.18. The van der Waals surface area contributed by atoms with Crippen molar-refractivity contribution in [3.63, 3.8) is 0 Å². The van der Waals surface area contributed by atoms with Crippen molar-refractivity contribution < 1.29 is 14.0 Å². The summed E-state index contributed by atoms with van der Waals surface area (Å²) in [7, 11) is 0. The van der Waals surface area contributed by atoms with Crippen LogP contribution in [0.2, 0.25) is 0 Å². The van der Waals surface area contributed by atoms with Crippen LogP contribution in [0.25, 0.3) is 0 Å². The Morgan fingerprint density at radius 3 is 2.42 bits per heavy atom. The molecule has 6 heteroatoms. The van der Waals surface area contributed by atoms with Crippen molar-refractivity contribution in [2.45, 2.75) is 31.8 Å². The molecule has 5 nitrogen and oxygen atoms in total. The van der Waals surface area contributed by atoms with Crippen LogP contribution < -0.4 is 16.0 Å². The number of carbonyl (C=O) groups excluding carboxylic acids is 2. The lowest BCUT2D eigenvalue weighted by molar-refractivity contribution is -0.123. The van der Waals surface area contributed by atoms with Gasteiger partial charge in [0.1, 0.15) is 5.82 Å². The number of hydrogen-bond donors (Lipinski definition) is 3. The number of hydrogen-bond acceptors (Lipinski definition) is 3. The maximum absolute atomic E-state index is 12.9. The molecule has 0 radical (unpaired) electrons. The van der Waals surface area contributed by atoms with Gasteiger partial charge in [-0.25, -0.2) is 4.39 Å². The smallest absolute Gasteiger partial charge is 0.255 e. The molecule has 1 heterocycles. The molecule has 26 heavy (non-hydrogen) atoms. The minimum Gasteiger partial charge on any atom is -0.348 e. The summed E-state index contributed by atoms with van der Waals surface area (Å²) in [6.45, 7) is 2.81. The molecule has 3 rings (SSSR count). The van der Waals surface area contributed by atoms with Gasteiger partial charge in [-0.15, -0.1) is 0 Å². The molecule has 1 aliphatic rings.